The molecule has 0 amide bonds. The maximum absolute atomic E-state index is 5.32. The number of rotatable bonds is 6. The van der Waals surface area contributed by atoms with Crippen LogP contribution in [0.5, 0.6) is 0 Å². The van der Waals surface area contributed by atoms with Crippen molar-refractivity contribution in [1.82, 2.24) is 0 Å². The van der Waals surface area contributed by atoms with Crippen molar-refractivity contribution < 1.29 is 4.84 Å². The summed E-state index contributed by atoms with van der Waals surface area (Å²) in [5, 5.41) is 4.01. The van der Waals surface area contributed by atoms with Crippen LogP contribution in [0.4, 0.5) is 0 Å². The monoisotopic (exact) mass is 267 g/mol. The average molecular weight is 267 g/mol. The number of hydrogen-bond donors (Lipinski definition) is 0. The summed E-state index contributed by atoms with van der Waals surface area (Å²) in [5.41, 5.74) is 4.87. The van der Waals surface area contributed by atoms with Gasteiger partial charge in [-0.1, -0.05) is 67.5 Å². The first kappa shape index (κ1) is 14.3. The SMILES string of the molecule is CCc1ccc(C=NOCc2ccc(CC)cc2)cc1. The molecular formula is C18H21NO. The number of aryl methyl sites for hydroxylation is 2. The molecule has 0 radical (unpaired) electrons. The molecular weight excluding hydrogens is 246 g/mol. The van der Waals surface area contributed by atoms with Gasteiger partial charge in [-0.2, -0.15) is 0 Å². The van der Waals surface area contributed by atoms with E-state index in [1.165, 1.54) is 11.1 Å². The smallest absolute Gasteiger partial charge is 0.142 e. The molecule has 20 heavy (non-hydrogen) atoms. The summed E-state index contributed by atoms with van der Waals surface area (Å²) in [6.07, 6.45) is 3.87. The molecule has 0 aliphatic carbocycles. The van der Waals surface area contributed by atoms with Gasteiger partial charge in [-0.25, -0.2) is 0 Å². The third-order valence-electron chi connectivity index (χ3n) is 3.33. The highest BCUT2D eigenvalue weighted by Crippen LogP contribution is 2.07. The number of benzene rings is 2. The maximum Gasteiger partial charge on any atom is 0.142 e. The van der Waals surface area contributed by atoms with Crippen molar-refractivity contribution in [2.24, 2.45) is 5.16 Å². The molecule has 2 aromatic carbocycles. The summed E-state index contributed by atoms with van der Waals surface area (Å²) in [7, 11) is 0. The summed E-state index contributed by atoms with van der Waals surface area (Å²) in [6, 6.07) is 16.8. The average Bonchev–Trinajstić information content (AvgIpc) is 2.53. The van der Waals surface area contributed by atoms with Crippen LogP contribution in [0.2, 0.25) is 0 Å². The number of hydrogen-bond acceptors (Lipinski definition) is 2. The van der Waals surface area contributed by atoms with Gasteiger partial charge in [0.05, 0.1) is 6.21 Å². The predicted molar refractivity (Wildman–Crippen MR) is 84.0 cm³/mol. The quantitative estimate of drug-likeness (QED) is 0.563. The van der Waals surface area contributed by atoms with E-state index in [1.807, 2.05) is 0 Å². The van der Waals surface area contributed by atoms with Gasteiger partial charge in [0.2, 0.25) is 0 Å². The summed E-state index contributed by atoms with van der Waals surface area (Å²) < 4.78 is 0. The maximum atomic E-state index is 5.32. The van der Waals surface area contributed by atoms with E-state index < -0.39 is 0 Å². The minimum absolute atomic E-state index is 0.507. The van der Waals surface area contributed by atoms with E-state index in [1.54, 1.807) is 6.21 Å². The van der Waals surface area contributed by atoms with E-state index >= 15 is 0 Å². The lowest BCUT2D eigenvalue weighted by Gasteiger charge is -2.01. The van der Waals surface area contributed by atoms with Crippen LogP contribution >= 0.6 is 0 Å². The first-order valence-corrected chi connectivity index (χ1v) is 7.14. The van der Waals surface area contributed by atoms with E-state index in [0.717, 1.165) is 24.0 Å². The largest absolute Gasteiger partial charge is 0.391 e. The van der Waals surface area contributed by atoms with Gasteiger partial charge < -0.3 is 4.84 Å². The Kier molecular flexibility index (Phi) is 5.36. The summed E-state index contributed by atoms with van der Waals surface area (Å²) in [4.78, 5) is 5.32. The normalized spacial score (nSPS) is 10.9. The lowest BCUT2D eigenvalue weighted by Crippen LogP contribution is -1.89. The van der Waals surface area contributed by atoms with Crippen molar-refractivity contribution in [2.45, 2.75) is 33.3 Å². The highest BCUT2D eigenvalue weighted by molar-refractivity contribution is 5.79. The molecule has 2 rings (SSSR count). The Morgan fingerprint density at radius 3 is 1.85 bits per heavy atom. The minimum atomic E-state index is 0.507. The zero-order chi connectivity index (χ0) is 14.2. The topological polar surface area (TPSA) is 21.6 Å². The van der Waals surface area contributed by atoms with Crippen molar-refractivity contribution in [1.29, 1.82) is 0 Å². The highest BCUT2D eigenvalue weighted by Gasteiger charge is 1.94. The van der Waals surface area contributed by atoms with Crippen LogP contribution in [0, 0.1) is 0 Å². The second-order valence-electron chi connectivity index (χ2n) is 4.77. The second-order valence-corrected chi connectivity index (χ2v) is 4.77. The van der Waals surface area contributed by atoms with Crippen molar-refractivity contribution in [3.8, 4) is 0 Å². The molecule has 0 fully saturated rings. The molecule has 0 N–H and O–H groups in total. The van der Waals surface area contributed by atoms with Crippen LogP contribution in [0.15, 0.2) is 53.7 Å². The van der Waals surface area contributed by atoms with Crippen LogP contribution in [-0.4, -0.2) is 6.21 Å². The molecule has 0 unspecified atom stereocenters. The summed E-state index contributed by atoms with van der Waals surface area (Å²) >= 11 is 0. The van der Waals surface area contributed by atoms with E-state index in [0.29, 0.717) is 6.61 Å². The van der Waals surface area contributed by atoms with Crippen molar-refractivity contribution >= 4 is 6.21 Å². The van der Waals surface area contributed by atoms with Crippen LogP contribution in [0.25, 0.3) is 0 Å². The lowest BCUT2D eigenvalue weighted by molar-refractivity contribution is 0.132. The van der Waals surface area contributed by atoms with Gasteiger partial charge >= 0.3 is 0 Å². The van der Waals surface area contributed by atoms with Crippen molar-refractivity contribution in [2.75, 3.05) is 0 Å². The molecule has 104 valence electrons. The molecule has 2 heteroatoms. The zero-order valence-electron chi connectivity index (χ0n) is 12.2. The van der Waals surface area contributed by atoms with Gasteiger partial charge in [-0.15, -0.1) is 0 Å². The van der Waals surface area contributed by atoms with Gasteiger partial charge in [0.1, 0.15) is 6.61 Å². The first-order valence-electron chi connectivity index (χ1n) is 7.14. The van der Waals surface area contributed by atoms with E-state index in [9.17, 15) is 0 Å². The molecule has 2 nitrogen and oxygen atoms in total. The van der Waals surface area contributed by atoms with E-state index in [2.05, 4.69) is 67.5 Å². The third kappa shape index (κ3) is 4.23. The zero-order valence-corrected chi connectivity index (χ0v) is 12.2. The Morgan fingerprint density at radius 1 is 0.800 bits per heavy atom. The third-order valence-corrected chi connectivity index (χ3v) is 3.33. The Labute approximate surface area is 121 Å². The Balaban J connectivity index is 1.83. The van der Waals surface area contributed by atoms with Crippen molar-refractivity contribution in [3.05, 3.63) is 70.8 Å². The van der Waals surface area contributed by atoms with Crippen LogP contribution in [-0.2, 0) is 24.3 Å². The van der Waals surface area contributed by atoms with Crippen LogP contribution in [0.3, 0.4) is 0 Å². The standard InChI is InChI=1S/C18H21NO/c1-3-15-5-9-17(10-6-15)13-19-20-14-18-11-7-16(4-2)8-12-18/h5-13H,3-4,14H2,1-2H3. The molecule has 0 saturated carbocycles. The second kappa shape index (κ2) is 7.49. The molecule has 0 saturated heterocycles. The molecule has 0 bridgehead atoms. The molecule has 0 heterocycles. The van der Waals surface area contributed by atoms with Gasteiger partial charge in [-0.05, 0) is 35.1 Å². The van der Waals surface area contributed by atoms with Gasteiger partial charge in [0.15, 0.2) is 0 Å². The molecule has 0 aliphatic rings. The Hall–Kier alpha value is -2.09. The molecule has 0 atom stereocenters. The molecule has 0 aliphatic heterocycles. The number of oxime groups is 1. The van der Waals surface area contributed by atoms with Gasteiger partial charge in [0, 0.05) is 0 Å². The molecule has 0 aromatic heterocycles. The first-order chi connectivity index (χ1) is 9.81. The minimum Gasteiger partial charge on any atom is -0.391 e. The van der Waals surface area contributed by atoms with Gasteiger partial charge in [-0.3, -0.25) is 0 Å². The van der Waals surface area contributed by atoms with Crippen molar-refractivity contribution in [3.63, 3.8) is 0 Å². The van der Waals surface area contributed by atoms with Crippen LogP contribution in [0.1, 0.15) is 36.1 Å². The van der Waals surface area contributed by atoms with Crippen LogP contribution < -0.4 is 0 Å². The highest BCUT2D eigenvalue weighted by atomic mass is 16.6. The van der Waals surface area contributed by atoms with E-state index in [-0.39, 0.29) is 0 Å². The van der Waals surface area contributed by atoms with E-state index in [4.69, 9.17) is 4.84 Å². The van der Waals surface area contributed by atoms with Gasteiger partial charge in [0.25, 0.3) is 0 Å². The fourth-order valence-electron chi connectivity index (χ4n) is 1.92. The molecule has 0 spiro atoms. The Bertz CT molecular complexity index is 541. The summed E-state index contributed by atoms with van der Waals surface area (Å²) in [5.74, 6) is 0. The fourth-order valence-corrected chi connectivity index (χ4v) is 1.92. The molecule has 2 aromatic rings. The predicted octanol–water partition coefficient (Wildman–Crippen LogP) is 4.36. The lowest BCUT2D eigenvalue weighted by atomic mass is 10.1. The summed E-state index contributed by atoms with van der Waals surface area (Å²) in [6.45, 7) is 4.81. The Morgan fingerprint density at radius 2 is 1.30 bits per heavy atom. The fraction of sp³-hybridized carbons (Fsp3) is 0.278. The number of nitrogens with zero attached hydrogens (tertiary/aromatic N) is 1.